The Morgan fingerprint density at radius 3 is 2.91 bits per heavy atom. The molecule has 0 spiro atoms. The summed E-state index contributed by atoms with van der Waals surface area (Å²) in [7, 11) is -2.33. The van der Waals surface area contributed by atoms with Crippen molar-refractivity contribution in [3.8, 4) is 12.3 Å². The van der Waals surface area contributed by atoms with Gasteiger partial charge in [-0.2, -0.15) is 13.5 Å². The van der Waals surface area contributed by atoms with Gasteiger partial charge in [0.05, 0.1) is 10.6 Å². The highest BCUT2D eigenvalue weighted by Gasteiger charge is 2.23. The maximum absolute atomic E-state index is 11.5. The first-order valence-electron chi connectivity index (χ1n) is 7.26. The summed E-state index contributed by atoms with van der Waals surface area (Å²) in [6.07, 6.45) is 13.2. The van der Waals surface area contributed by atoms with Crippen molar-refractivity contribution in [3.63, 3.8) is 0 Å². The van der Waals surface area contributed by atoms with Crippen LogP contribution < -0.4 is 5.43 Å². The number of terminal acetylenes is 1. The van der Waals surface area contributed by atoms with Crippen LogP contribution in [-0.2, 0) is 15.1 Å². The number of allylic oxidation sites excluding steroid dienone is 6. The predicted octanol–water partition coefficient (Wildman–Crippen LogP) is 1.63. The molecule has 120 valence electrons. The van der Waals surface area contributed by atoms with Crippen molar-refractivity contribution >= 4 is 26.8 Å². The molecule has 2 rings (SSSR count). The van der Waals surface area contributed by atoms with Gasteiger partial charge < -0.3 is 0 Å². The maximum atomic E-state index is 11.5. The summed E-state index contributed by atoms with van der Waals surface area (Å²) in [5.74, 6) is 2.04. The minimum absolute atomic E-state index is 0.00122. The molecule has 23 heavy (non-hydrogen) atoms. The normalized spacial score (nSPS) is 24.5. The third-order valence-corrected chi connectivity index (χ3v) is 4.54. The lowest BCUT2D eigenvalue weighted by molar-refractivity contribution is -0.121. The van der Waals surface area contributed by atoms with Crippen LogP contribution >= 0.6 is 0 Å². The van der Waals surface area contributed by atoms with Crippen LogP contribution in [0.3, 0.4) is 0 Å². The van der Waals surface area contributed by atoms with Crippen LogP contribution in [0, 0.1) is 24.2 Å². The van der Waals surface area contributed by atoms with Gasteiger partial charge in [0, 0.05) is 24.7 Å². The minimum atomic E-state index is -2.33. The van der Waals surface area contributed by atoms with Gasteiger partial charge in [-0.1, -0.05) is 25.2 Å². The maximum Gasteiger partial charge on any atom is 0.240 e. The van der Waals surface area contributed by atoms with Crippen molar-refractivity contribution in [1.29, 1.82) is 0 Å². The Hall–Kier alpha value is -2.39. The smallest absolute Gasteiger partial charge is 0.240 e. The molecule has 1 amide bonds. The average molecular weight is 330 g/mol. The average Bonchev–Trinajstić information content (AvgIpc) is 2.48. The Kier molecular flexibility index (Phi) is 5.35. The van der Waals surface area contributed by atoms with E-state index in [1.807, 2.05) is 32.1 Å². The number of hydrogen-bond acceptors (Lipinski definition) is 4. The van der Waals surface area contributed by atoms with E-state index in [1.54, 1.807) is 6.08 Å². The van der Waals surface area contributed by atoms with Gasteiger partial charge in [-0.25, -0.2) is 5.43 Å². The van der Waals surface area contributed by atoms with Crippen molar-refractivity contribution < 1.29 is 13.2 Å². The number of carbonyl (C=O) groups is 1. The predicted molar refractivity (Wildman–Crippen MR) is 91.2 cm³/mol. The van der Waals surface area contributed by atoms with Crippen LogP contribution in [0.5, 0.6) is 0 Å². The first kappa shape index (κ1) is 17.0. The molecule has 1 aliphatic heterocycles. The highest BCUT2D eigenvalue weighted by Crippen LogP contribution is 2.21. The number of amides is 1. The Labute approximate surface area is 137 Å². The van der Waals surface area contributed by atoms with E-state index in [4.69, 9.17) is 6.42 Å². The first-order valence-corrected chi connectivity index (χ1v) is 8.33. The third kappa shape index (κ3) is 4.08. The summed E-state index contributed by atoms with van der Waals surface area (Å²) >= 11 is 0. The summed E-state index contributed by atoms with van der Waals surface area (Å²) in [4.78, 5) is 11.6. The number of hydrazone groups is 1. The van der Waals surface area contributed by atoms with Gasteiger partial charge >= 0.3 is 0 Å². The van der Waals surface area contributed by atoms with Crippen LogP contribution in [-0.4, -0.2) is 24.9 Å². The van der Waals surface area contributed by atoms with E-state index in [0.29, 0.717) is 12.8 Å². The molecule has 1 aliphatic carbocycles. The van der Waals surface area contributed by atoms with Gasteiger partial charge in [-0.05, 0) is 24.1 Å². The molecule has 2 atom stereocenters. The molecule has 0 bridgehead atoms. The van der Waals surface area contributed by atoms with Crippen LogP contribution in [0.2, 0.25) is 0 Å². The zero-order valence-electron chi connectivity index (χ0n) is 13.0. The van der Waals surface area contributed by atoms with Crippen LogP contribution in [0.1, 0.15) is 26.7 Å². The zero-order valence-corrected chi connectivity index (χ0v) is 13.9. The Bertz CT molecular complexity index is 812. The molecule has 0 saturated heterocycles. The second-order valence-corrected chi connectivity index (χ2v) is 6.55. The molecular formula is C17H18N2O3S. The van der Waals surface area contributed by atoms with Gasteiger partial charge in [0.15, 0.2) is 0 Å². The van der Waals surface area contributed by atoms with E-state index >= 15 is 0 Å². The SMILES string of the molecule is C#CCC1=CC(=S(=O)=O)C(C=C(C)C2=NNC(=O)CC2C)C=C1. The quantitative estimate of drug-likeness (QED) is 0.631. The molecule has 1 N–H and O–H groups in total. The number of nitrogens with one attached hydrogen (secondary N) is 1. The van der Waals surface area contributed by atoms with Crippen molar-refractivity contribution in [2.75, 3.05) is 0 Å². The van der Waals surface area contributed by atoms with Crippen LogP contribution in [0.25, 0.3) is 0 Å². The van der Waals surface area contributed by atoms with E-state index in [2.05, 4.69) is 16.4 Å². The lowest BCUT2D eigenvalue weighted by Crippen LogP contribution is -2.32. The topological polar surface area (TPSA) is 75.6 Å². The highest BCUT2D eigenvalue weighted by molar-refractivity contribution is 7.73. The molecule has 6 heteroatoms. The number of carbonyl (C=O) groups excluding carboxylic acids is 1. The highest BCUT2D eigenvalue weighted by atomic mass is 32.2. The molecule has 0 aromatic carbocycles. The summed E-state index contributed by atoms with van der Waals surface area (Å²) in [5.41, 5.74) is 4.88. The molecule has 0 aromatic heterocycles. The Morgan fingerprint density at radius 1 is 1.57 bits per heavy atom. The molecule has 2 unspecified atom stereocenters. The number of nitrogens with zero attached hydrogens (tertiary/aromatic N) is 1. The largest absolute Gasteiger partial charge is 0.273 e. The molecule has 1 heterocycles. The molecule has 0 radical (unpaired) electrons. The van der Waals surface area contributed by atoms with Gasteiger partial charge in [0.25, 0.3) is 0 Å². The summed E-state index contributed by atoms with van der Waals surface area (Å²) in [6.45, 7) is 3.79. The third-order valence-electron chi connectivity index (χ3n) is 3.77. The second kappa shape index (κ2) is 7.25. The Morgan fingerprint density at radius 2 is 2.30 bits per heavy atom. The minimum Gasteiger partial charge on any atom is -0.273 e. The number of rotatable bonds is 3. The summed E-state index contributed by atoms with van der Waals surface area (Å²) in [5, 5.41) is 4.09. The summed E-state index contributed by atoms with van der Waals surface area (Å²) < 4.78 is 23.0. The fourth-order valence-corrected chi connectivity index (χ4v) is 3.28. The zero-order chi connectivity index (χ0) is 17.0. The molecular weight excluding hydrogens is 312 g/mol. The van der Waals surface area contributed by atoms with Crippen molar-refractivity contribution in [3.05, 3.63) is 35.5 Å². The lowest BCUT2D eigenvalue weighted by atomic mass is 9.89. The fraction of sp³-hybridized carbons (Fsp3) is 0.353. The van der Waals surface area contributed by atoms with Gasteiger partial charge in [0.2, 0.25) is 16.2 Å². The number of hydrogen-bond donors (Lipinski definition) is 1. The van der Waals surface area contributed by atoms with Crippen LogP contribution in [0.4, 0.5) is 0 Å². The molecule has 0 fully saturated rings. The second-order valence-electron chi connectivity index (χ2n) is 5.61. The summed E-state index contributed by atoms with van der Waals surface area (Å²) in [6, 6.07) is 0. The van der Waals surface area contributed by atoms with Gasteiger partial charge in [0.1, 0.15) is 0 Å². The van der Waals surface area contributed by atoms with E-state index in [1.165, 1.54) is 0 Å². The standard InChI is InChI=1S/C17H18N2O3S/c1-4-5-13-6-7-14(15(10-13)23(21)22)8-11(2)17-12(3)9-16(20)18-19-17/h1,6-8,10,12,14H,5,9H2,2-3H3,(H,18,20). The molecule has 0 saturated carbocycles. The first-order chi connectivity index (χ1) is 10.9. The lowest BCUT2D eigenvalue weighted by Gasteiger charge is -2.21. The molecule has 0 aromatic rings. The van der Waals surface area contributed by atoms with E-state index in [0.717, 1.165) is 16.9 Å². The van der Waals surface area contributed by atoms with E-state index in [-0.39, 0.29) is 22.6 Å². The van der Waals surface area contributed by atoms with Crippen molar-refractivity contribution in [2.45, 2.75) is 26.7 Å². The van der Waals surface area contributed by atoms with Gasteiger partial charge in [-0.3, -0.25) is 4.79 Å². The molecule has 2 aliphatic rings. The van der Waals surface area contributed by atoms with Crippen molar-refractivity contribution in [1.82, 2.24) is 5.43 Å². The molecule has 5 nitrogen and oxygen atoms in total. The van der Waals surface area contributed by atoms with Crippen molar-refractivity contribution in [2.24, 2.45) is 16.9 Å². The van der Waals surface area contributed by atoms with Crippen LogP contribution in [0.15, 0.2) is 40.6 Å². The van der Waals surface area contributed by atoms with E-state index < -0.39 is 10.3 Å². The fourth-order valence-electron chi connectivity index (χ4n) is 2.66. The van der Waals surface area contributed by atoms with Gasteiger partial charge in [-0.15, -0.1) is 12.3 Å². The monoisotopic (exact) mass is 330 g/mol. The Balaban J connectivity index is 2.32. The van der Waals surface area contributed by atoms with E-state index in [9.17, 15) is 13.2 Å².